The predicted molar refractivity (Wildman–Crippen MR) is 78.8 cm³/mol. The van der Waals surface area contributed by atoms with Gasteiger partial charge in [0.25, 0.3) is 5.89 Å². The SMILES string of the molecule is O=C(N[C@@H]1C[C@H]2CC[C@@H]1N2)c1ncc(Oc2ccc(F)cc2F)o1. The number of oxazole rings is 1. The zero-order chi connectivity index (χ0) is 16.7. The van der Waals surface area contributed by atoms with Gasteiger partial charge >= 0.3 is 11.9 Å². The molecular formula is C16H15F2N3O3. The number of rotatable bonds is 4. The number of nitrogens with one attached hydrogen (secondary N) is 2. The fourth-order valence-electron chi connectivity index (χ4n) is 3.29. The molecule has 0 spiro atoms. The van der Waals surface area contributed by atoms with Gasteiger partial charge in [-0.3, -0.25) is 4.79 Å². The van der Waals surface area contributed by atoms with E-state index in [1.807, 2.05) is 0 Å². The van der Waals surface area contributed by atoms with E-state index in [1.54, 1.807) is 0 Å². The highest BCUT2D eigenvalue weighted by atomic mass is 19.1. The number of aromatic nitrogens is 1. The topological polar surface area (TPSA) is 76.4 Å². The van der Waals surface area contributed by atoms with Gasteiger partial charge in [-0.2, -0.15) is 0 Å². The molecule has 126 valence electrons. The molecule has 0 saturated carbocycles. The number of hydrogen-bond donors (Lipinski definition) is 2. The smallest absolute Gasteiger partial charge is 0.311 e. The van der Waals surface area contributed by atoms with Crippen LogP contribution in [0.5, 0.6) is 11.7 Å². The molecule has 2 N–H and O–H groups in total. The highest BCUT2D eigenvalue weighted by Gasteiger charge is 2.40. The van der Waals surface area contributed by atoms with Crippen LogP contribution in [0.4, 0.5) is 8.78 Å². The van der Waals surface area contributed by atoms with Gasteiger partial charge in [-0.25, -0.2) is 13.8 Å². The molecule has 3 heterocycles. The van der Waals surface area contributed by atoms with E-state index >= 15 is 0 Å². The molecular weight excluding hydrogens is 320 g/mol. The Morgan fingerprint density at radius 3 is 2.96 bits per heavy atom. The van der Waals surface area contributed by atoms with Crippen LogP contribution in [0.15, 0.2) is 28.8 Å². The van der Waals surface area contributed by atoms with Crippen molar-refractivity contribution in [3.63, 3.8) is 0 Å². The van der Waals surface area contributed by atoms with Crippen LogP contribution < -0.4 is 15.4 Å². The molecule has 6 nitrogen and oxygen atoms in total. The van der Waals surface area contributed by atoms with Crippen LogP contribution in [0.2, 0.25) is 0 Å². The normalized spacial score (nSPS) is 25.0. The van der Waals surface area contributed by atoms with E-state index in [4.69, 9.17) is 9.15 Å². The van der Waals surface area contributed by atoms with Gasteiger partial charge in [-0.1, -0.05) is 0 Å². The summed E-state index contributed by atoms with van der Waals surface area (Å²) >= 11 is 0. The largest absolute Gasteiger partial charge is 0.422 e. The summed E-state index contributed by atoms with van der Waals surface area (Å²) in [6.07, 6.45) is 4.24. The van der Waals surface area contributed by atoms with E-state index in [2.05, 4.69) is 15.6 Å². The molecule has 1 aromatic heterocycles. The van der Waals surface area contributed by atoms with Crippen molar-refractivity contribution >= 4 is 5.91 Å². The van der Waals surface area contributed by atoms with Crippen LogP contribution in [-0.4, -0.2) is 29.0 Å². The lowest BCUT2D eigenvalue weighted by molar-refractivity contribution is 0.0890. The lowest BCUT2D eigenvalue weighted by Gasteiger charge is -2.20. The number of ether oxygens (including phenoxy) is 1. The fraction of sp³-hybridized carbons (Fsp3) is 0.375. The van der Waals surface area contributed by atoms with Crippen molar-refractivity contribution in [2.24, 2.45) is 0 Å². The first-order valence-electron chi connectivity index (χ1n) is 7.74. The van der Waals surface area contributed by atoms with Gasteiger partial charge < -0.3 is 19.8 Å². The molecule has 24 heavy (non-hydrogen) atoms. The summed E-state index contributed by atoms with van der Waals surface area (Å²) in [5.41, 5.74) is 0. The Morgan fingerprint density at radius 2 is 2.25 bits per heavy atom. The van der Waals surface area contributed by atoms with Crippen LogP contribution in [-0.2, 0) is 0 Å². The van der Waals surface area contributed by atoms with Gasteiger partial charge in [0.15, 0.2) is 11.6 Å². The van der Waals surface area contributed by atoms with Crippen molar-refractivity contribution in [1.29, 1.82) is 0 Å². The zero-order valence-corrected chi connectivity index (χ0v) is 12.6. The molecule has 1 amide bonds. The van der Waals surface area contributed by atoms with Gasteiger partial charge in [0.2, 0.25) is 0 Å². The Kier molecular flexibility index (Phi) is 3.68. The molecule has 0 radical (unpaired) electrons. The average Bonchev–Trinajstić information content (AvgIpc) is 3.26. The molecule has 2 aliphatic rings. The number of nitrogens with zero attached hydrogens (tertiary/aromatic N) is 1. The minimum Gasteiger partial charge on any atom is -0.422 e. The Hall–Kier alpha value is -2.48. The number of carbonyl (C=O) groups excluding carboxylic acids is 1. The third-order valence-electron chi connectivity index (χ3n) is 4.40. The van der Waals surface area contributed by atoms with E-state index in [1.165, 1.54) is 6.20 Å². The first kappa shape index (κ1) is 15.1. The van der Waals surface area contributed by atoms with Crippen LogP contribution in [0.1, 0.15) is 29.9 Å². The first-order valence-corrected chi connectivity index (χ1v) is 7.74. The summed E-state index contributed by atoms with van der Waals surface area (Å²) in [5, 5.41) is 6.31. The van der Waals surface area contributed by atoms with E-state index in [0.29, 0.717) is 12.1 Å². The van der Waals surface area contributed by atoms with Crippen molar-refractivity contribution in [1.82, 2.24) is 15.6 Å². The quantitative estimate of drug-likeness (QED) is 0.897. The summed E-state index contributed by atoms with van der Waals surface area (Å²) in [4.78, 5) is 16.0. The fourth-order valence-corrected chi connectivity index (χ4v) is 3.29. The van der Waals surface area contributed by atoms with Crippen LogP contribution in [0, 0.1) is 11.6 Å². The molecule has 0 aliphatic carbocycles. The number of fused-ring (bicyclic) bond motifs is 2. The van der Waals surface area contributed by atoms with Crippen molar-refractivity contribution in [2.75, 3.05) is 0 Å². The second-order valence-corrected chi connectivity index (χ2v) is 6.02. The van der Waals surface area contributed by atoms with Crippen molar-refractivity contribution in [2.45, 2.75) is 37.4 Å². The van der Waals surface area contributed by atoms with E-state index in [0.717, 1.165) is 31.4 Å². The summed E-state index contributed by atoms with van der Waals surface area (Å²) in [5.74, 6) is -2.53. The Labute approximate surface area is 136 Å². The molecule has 2 saturated heterocycles. The van der Waals surface area contributed by atoms with E-state index in [-0.39, 0.29) is 29.7 Å². The highest BCUT2D eigenvalue weighted by Crippen LogP contribution is 2.29. The van der Waals surface area contributed by atoms with Crippen LogP contribution in [0.25, 0.3) is 0 Å². The number of halogens is 2. The number of carbonyl (C=O) groups is 1. The maximum absolute atomic E-state index is 13.5. The Morgan fingerprint density at radius 1 is 1.38 bits per heavy atom. The number of amides is 1. The third-order valence-corrected chi connectivity index (χ3v) is 4.40. The van der Waals surface area contributed by atoms with Crippen molar-refractivity contribution in [3.05, 3.63) is 41.9 Å². The zero-order valence-electron chi connectivity index (χ0n) is 12.6. The Bertz CT molecular complexity index is 780. The van der Waals surface area contributed by atoms with Gasteiger partial charge in [-0.15, -0.1) is 0 Å². The first-order chi connectivity index (χ1) is 11.6. The molecule has 3 atom stereocenters. The number of hydrogen-bond acceptors (Lipinski definition) is 5. The molecule has 2 aliphatic heterocycles. The Balaban J connectivity index is 1.41. The summed E-state index contributed by atoms with van der Waals surface area (Å²) in [7, 11) is 0. The summed E-state index contributed by atoms with van der Waals surface area (Å²) in [6, 6.07) is 3.70. The molecule has 0 unspecified atom stereocenters. The minimum atomic E-state index is -0.870. The van der Waals surface area contributed by atoms with Crippen molar-refractivity contribution < 1.29 is 22.7 Å². The van der Waals surface area contributed by atoms with Crippen LogP contribution >= 0.6 is 0 Å². The van der Waals surface area contributed by atoms with Gasteiger partial charge in [-0.05, 0) is 31.4 Å². The molecule has 8 heteroatoms. The van der Waals surface area contributed by atoms with Gasteiger partial charge in [0.05, 0.1) is 0 Å². The minimum absolute atomic E-state index is 0.0575. The maximum Gasteiger partial charge on any atom is 0.311 e. The summed E-state index contributed by atoms with van der Waals surface area (Å²) in [6.45, 7) is 0. The van der Waals surface area contributed by atoms with E-state index in [9.17, 15) is 13.6 Å². The standard InChI is InChI=1S/C16H15F2N3O3/c17-8-1-4-13(10(18)5-8)23-14-7-19-16(24-14)15(22)21-12-6-9-2-3-11(12)20-9/h1,4-5,7,9,11-12,20H,2-3,6H2,(H,21,22)/t9-,11+,12-/m1/s1. The molecule has 1 aromatic carbocycles. The highest BCUT2D eigenvalue weighted by molar-refractivity contribution is 5.90. The van der Waals surface area contributed by atoms with E-state index < -0.39 is 17.5 Å². The second kappa shape index (κ2) is 5.86. The number of benzene rings is 1. The monoisotopic (exact) mass is 335 g/mol. The molecule has 2 bridgehead atoms. The average molecular weight is 335 g/mol. The predicted octanol–water partition coefficient (Wildman–Crippen LogP) is 2.37. The van der Waals surface area contributed by atoms with Crippen molar-refractivity contribution in [3.8, 4) is 11.7 Å². The third kappa shape index (κ3) is 2.84. The summed E-state index contributed by atoms with van der Waals surface area (Å²) < 4.78 is 36.8. The molecule has 4 rings (SSSR count). The second-order valence-electron chi connectivity index (χ2n) is 6.02. The molecule has 2 aromatic rings. The molecule has 2 fully saturated rings. The van der Waals surface area contributed by atoms with Gasteiger partial charge in [0, 0.05) is 24.2 Å². The lowest BCUT2D eigenvalue weighted by Crippen LogP contribution is -2.43. The lowest BCUT2D eigenvalue weighted by atomic mass is 9.95. The maximum atomic E-state index is 13.5. The van der Waals surface area contributed by atoms with Gasteiger partial charge in [0.1, 0.15) is 12.0 Å². The van der Waals surface area contributed by atoms with Crippen LogP contribution in [0.3, 0.4) is 0 Å².